The Labute approximate surface area is 159 Å². The standard InChI is InChI=1S/C22H24ClNO2/c1-15(21(25)24-18-8-6-17(23)7-9-18)16-10-12-22(13-11-16)14-26-20-5-3-2-4-19(20)22/h2-9,15-16H,10-14H2,1H3,(H,24,25). The molecule has 1 unspecified atom stereocenters. The Morgan fingerprint density at radius 1 is 1.15 bits per heavy atom. The Balaban J connectivity index is 1.38. The van der Waals surface area contributed by atoms with Gasteiger partial charge in [0.1, 0.15) is 5.75 Å². The summed E-state index contributed by atoms with van der Waals surface area (Å²) in [5.74, 6) is 1.55. The zero-order valence-electron chi connectivity index (χ0n) is 15.0. The Morgan fingerprint density at radius 3 is 2.58 bits per heavy atom. The molecule has 1 aliphatic carbocycles. The Hall–Kier alpha value is -2.00. The number of fused-ring (bicyclic) bond motifs is 2. The second kappa shape index (κ2) is 6.96. The smallest absolute Gasteiger partial charge is 0.227 e. The van der Waals surface area contributed by atoms with E-state index in [1.807, 2.05) is 25.1 Å². The van der Waals surface area contributed by atoms with Crippen molar-refractivity contribution in [2.24, 2.45) is 11.8 Å². The van der Waals surface area contributed by atoms with Crippen molar-refractivity contribution in [3.8, 4) is 5.75 Å². The summed E-state index contributed by atoms with van der Waals surface area (Å²) < 4.78 is 5.93. The molecule has 1 amide bonds. The average molecular weight is 370 g/mol. The third-order valence-electron chi connectivity index (χ3n) is 6.18. The summed E-state index contributed by atoms with van der Waals surface area (Å²) in [6.45, 7) is 2.83. The maximum atomic E-state index is 12.6. The van der Waals surface area contributed by atoms with E-state index in [0.29, 0.717) is 10.9 Å². The van der Waals surface area contributed by atoms with E-state index in [1.54, 1.807) is 12.1 Å². The number of rotatable bonds is 3. The first kappa shape index (κ1) is 17.4. The highest BCUT2D eigenvalue weighted by atomic mass is 35.5. The van der Waals surface area contributed by atoms with Gasteiger partial charge in [0.05, 0.1) is 6.61 Å². The number of carbonyl (C=O) groups excluding carboxylic acids is 1. The van der Waals surface area contributed by atoms with Crippen LogP contribution in [0.25, 0.3) is 0 Å². The lowest BCUT2D eigenvalue weighted by Crippen LogP contribution is -2.37. The molecule has 0 aromatic heterocycles. The molecule has 1 heterocycles. The highest BCUT2D eigenvalue weighted by Crippen LogP contribution is 2.50. The van der Waals surface area contributed by atoms with Crippen LogP contribution < -0.4 is 10.1 Å². The first-order chi connectivity index (χ1) is 12.6. The molecular weight excluding hydrogens is 346 g/mol. The lowest BCUT2D eigenvalue weighted by atomic mass is 9.65. The van der Waals surface area contributed by atoms with Gasteiger partial charge in [0.2, 0.25) is 5.91 Å². The zero-order valence-corrected chi connectivity index (χ0v) is 15.8. The molecule has 3 nitrogen and oxygen atoms in total. The fraction of sp³-hybridized carbons (Fsp3) is 0.409. The fourth-order valence-corrected chi connectivity index (χ4v) is 4.56. The van der Waals surface area contributed by atoms with Crippen molar-refractivity contribution in [1.82, 2.24) is 0 Å². The van der Waals surface area contributed by atoms with Gasteiger partial charge in [0.15, 0.2) is 0 Å². The lowest BCUT2D eigenvalue weighted by Gasteiger charge is -2.38. The molecule has 0 radical (unpaired) electrons. The van der Waals surface area contributed by atoms with E-state index in [1.165, 1.54) is 5.56 Å². The van der Waals surface area contributed by atoms with E-state index in [9.17, 15) is 4.79 Å². The molecule has 1 saturated carbocycles. The van der Waals surface area contributed by atoms with Crippen molar-refractivity contribution in [2.75, 3.05) is 11.9 Å². The molecule has 4 rings (SSSR count). The Bertz CT molecular complexity index is 794. The van der Waals surface area contributed by atoms with Crippen LogP contribution in [0.15, 0.2) is 48.5 Å². The summed E-state index contributed by atoms with van der Waals surface area (Å²) in [6.07, 6.45) is 4.31. The van der Waals surface area contributed by atoms with Gasteiger partial charge < -0.3 is 10.1 Å². The van der Waals surface area contributed by atoms with Crippen molar-refractivity contribution in [3.63, 3.8) is 0 Å². The topological polar surface area (TPSA) is 38.3 Å². The molecule has 1 aliphatic heterocycles. The number of halogens is 1. The number of benzene rings is 2. The third kappa shape index (κ3) is 3.21. The number of anilines is 1. The van der Waals surface area contributed by atoms with E-state index in [-0.39, 0.29) is 17.2 Å². The molecule has 2 aromatic rings. The molecule has 136 valence electrons. The largest absolute Gasteiger partial charge is 0.492 e. The first-order valence-electron chi connectivity index (χ1n) is 9.36. The van der Waals surface area contributed by atoms with Crippen LogP contribution in [0, 0.1) is 11.8 Å². The fourth-order valence-electron chi connectivity index (χ4n) is 4.43. The van der Waals surface area contributed by atoms with Crippen molar-refractivity contribution >= 4 is 23.2 Å². The van der Waals surface area contributed by atoms with Crippen LogP contribution in [0.1, 0.15) is 38.2 Å². The number of nitrogens with one attached hydrogen (secondary N) is 1. The van der Waals surface area contributed by atoms with Gasteiger partial charge in [0.25, 0.3) is 0 Å². The van der Waals surface area contributed by atoms with E-state index in [2.05, 4.69) is 23.5 Å². The minimum absolute atomic E-state index is 0.000549. The van der Waals surface area contributed by atoms with E-state index in [0.717, 1.165) is 43.7 Å². The van der Waals surface area contributed by atoms with Crippen molar-refractivity contribution in [2.45, 2.75) is 38.0 Å². The summed E-state index contributed by atoms with van der Waals surface area (Å²) in [5.41, 5.74) is 2.31. The van der Waals surface area contributed by atoms with Crippen LogP contribution in [0.4, 0.5) is 5.69 Å². The predicted molar refractivity (Wildman–Crippen MR) is 105 cm³/mol. The SMILES string of the molecule is CC(C(=O)Nc1ccc(Cl)cc1)C1CCC2(CC1)COc1ccccc12. The number of ether oxygens (including phenoxy) is 1. The number of hydrogen-bond donors (Lipinski definition) is 1. The van der Waals surface area contributed by atoms with Crippen LogP contribution in [0.5, 0.6) is 5.75 Å². The molecular formula is C22H24ClNO2. The quantitative estimate of drug-likeness (QED) is 0.782. The van der Waals surface area contributed by atoms with Gasteiger partial charge in [-0.05, 0) is 61.9 Å². The number of amides is 1. The lowest BCUT2D eigenvalue weighted by molar-refractivity contribution is -0.121. The van der Waals surface area contributed by atoms with Crippen LogP contribution in [0.3, 0.4) is 0 Å². The minimum Gasteiger partial charge on any atom is -0.492 e. The van der Waals surface area contributed by atoms with Gasteiger partial charge in [-0.15, -0.1) is 0 Å². The maximum Gasteiger partial charge on any atom is 0.227 e. The van der Waals surface area contributed by atoms with Gasteiger partial charge in [-0.1, -0.05) is 36.7 Å². The van der Waals surface area contributed by atoms with Crippen LogP contribution in [-0.4, -0.2) is 12.5 Å². The molecule has 2 aliphatic rings. The number of hydrogen-bond acceptors (Lipinski definition) is 2. The summed E-state index contributed by atoms with van der Waals surface area (Å²) in [7, 11) is 0. The summed E-state index contributed by atoms with van der Waals surface area (Å²) in [6, 6.07) is 15.7. The Morgan fingerprint density at radius 2 is 1.85 bits per heavy atom. The number of para-hydroxylation sites is 1. The minimum atomic E-state index is 0.000549. The van der Waals surface area contributed by atoms with Gasteiger partial charge in [0, 0.05) is 27.6 Å². The summed E-state index contributed by atoms with van der Waals surface area (Å²) in [5, 5.41) is 3.69. The molecule has 1 spiro atoms. The van der Waals surface area contributed by atoms with Gasteiger partial charge in [-0.2, -0.15) is 0 Å². The van der Waals surface area contributed by atoms with Gasteiger partial charge >= 0.3 is 0 Å². The predicted octanol–water partition coefficient (Wildman–Crippen LogP) is 5.44. The van der Waals surface area contributed by atoms with Crippen molar-refractivity contribution in [1.29, 1.82) is 0 Å². The van der Waals surface area contributed by atoms with Crippen LogP contribution >= 0.6 is 11.6 Å². The molecule has 2 aromatic carbocycles. The van der Waals surface area contributed by atoms with Crippen LogP contribution in [-0.2, 0) is 10.2 Å². The van der Waals surface area contributed by atoms with E-state index in [4.69, 9.17) is 16.3 Å². The zero-order chi connectivity index (χ0) is 18.1. The molecule has 1 N–H and O–H groups in total. The average Bonchev–Trinajstić information content (AvgIpc) is 3.02. The normalized spacial score (nSPS) is 25.4. The van der Waals surface area contributed by atoms with Crippen molar-refractivity contribution < 1.29 is 9.53 Å². The van der Waals surface area contributed by atoms with E-state index >= 15 is 0 Å². The third-order valence-corrected chi connectivity index (χ3v) is 6.43. The highest BCUT2D eigenvalue weighted by Gasteiger charge is 2.44. The molecule has 1 fully saturated rings. The second-order valence-corrected chi connectivity index (χ2v) is 8.12. The summed E-state index contributed by atoms with van der Waals surface area (Å²) in [4.78, 5) is 12.6. The van der Waals surface area contributed by atoms with Crippen molar-refractivity contribution in [3.05, 3.63) is 59.1 Å². The van der Waals surface area contributed by atoms with E-state index < -0.39 is 0 Å². The second-order valence-electron chi connectivity index (χ2n) is 7.69. The summed E-state index contributed by atoms with van der Waals surface area (Å²) >= 11 is 5.90. The monoisotopic (exact) mass is 369 g/mol. The van der Waals surface area contributed by atoms with Gasteiger partial charge in [-0.25, -0.2) is 0 Å². The van der Waals surface area contributed by atoms with Gasteiger partial charge in [-0.3, -0.25) is 4.79 Å². The molecule has 26 heavy (non-hydrogen) atoms. The molecule has 0 saturated heterocycles. The highest BCUT2D eigenvalue weighted by molar-refractivity contribution is 6.30. The molecule has 1 atom stereocenters. The van der Waals surface area contributed by atoms with Crippen LogP contribution in [0.2, 0.25) is 5.02 Å². The first-order valence-corrected chi connectivity index (χ1v) is 9.74. The molecule has 4 heteroatoms. The number of carbonyl (C=O) groups is 1. The molecule has 0 bridgehead atoms. The maximum absolute atomic E-state index is 12.6. The Kier molecular flexibility index (Phi) is 4.66.